The third-order valence-corrected chi connectivity index (χ3v) is 4.28. The van der Waals surface area contributed by atoms with Crippen molar-refractivity contribution in [2.45, 2.75) is 32.7 Å². The van der Waals surface area contributed by atoms with E-state index < -0.39 is 9.28 Å². The van der Waals surface area contributed by atoms with Gasteiger partial charge in [-0.1, -0.05) is 38.0 Å². The van der Waals surface area contributed by atoms with E-state index in [1.165, 1.54) is 12.8 Å². The van der Waals surface area contributed by atoms with Crippen LogP contribution in [0.25, 0.3) is 0 Å². The van der Waals surface area contributed by atoms with Crippen LogP contribution in [0.2, 0.25) is 6.04 Å². The van der Waals surface area contributed by atoms with Gasteiger partial charge in [-0.15, -0.1) is 0 Å². The van der Waals surface area contributed by atoms with Crippen LogP contribution in [0.1, 0.15) is 26.7 Å². The zero-order valence-corrected chi connectivity index (χ0v) is 10.8. The van der Waals surface area contributed by atoms with Crippen LogP contribution in [0, 0.1) is 0 Å². The van der Waals surface area contributed by atoms with E-state index in [1.54, 1.807) is 0 Å². The van der Waals surface area contributed by atoms with Crippen LogP contribution in [0.15, 0.2) is 30.3 Å². The normalized spacial score (nSPS) is 12.4. The molecule has 0 bridgehead atoms. The summed E-state index contributed by atoms with van der Waals surface area (Å²) < 4.78 is 11.5. The van der Waals surface area contributed by atoms with Gasteiger partial charge in [0.2, 0.25) is 0 Å². The third kappa shape index (κ3) is 5.00. The van der Waals surface area contributed by atoms with Crippen molar-refractivity contribution in [1.29, 1.82) is 0 Å². The topological polar surface area (TPSA) is 18.5 Å². The van der Waals surface area contributed by atoms with Gasteiger partial charge in [0, 0.05) is 6.61 Å². The van der Waals surface area contributed by atoms with Gasteiger partial charge in [-0.25, -0.2) is 0 Å². The molecule has 0 saturated carbocycles. The fourth-order valence-corrected chi connectivity index (χ4v) is 3.31. The van der Waals surface area contributed by atoms with E-state index >= 15 is 0 Å². The molecule has 0 radical (unpaired) electrons. The highest BCUT2D eigenvalue weighted by atomic mass is 28.3. The minimum Gasteiger partial charge on any atom is -0.522 e. The van der Waals surface area contributed by atoms with Gasteiger partial charge in [0.1, 0.15) is 5.75 Å². The first-order chi connectivity index (χ1) is 7.36. The molecule has 0 spiro atoms. The molecule has 2 nitrogen and oxygen atoms in total. The average molecular weight is 224 g/mol. The van der Waals surface area contributed by atoms with Crippen LogP contribution < -0.4 is 4.43 Å². The maximum atomic E-state index is 5.87. The zero-order chi connectivity index (χ0) is 10.9. The van der Waals surface area contributed by atoms with Gasteiger partial charge in [0.05, 0.1) is 0 Å². The Balaban J connectivity index is 2.43. The van der Waals surface area contributed by atoms with E-state index in [9.17, 15) is 0 Å². The lowest BCUT2D eigenvalue weighted by Crippen LogP contribution is -2.26. The van der Waals surface area contributed by atoms with Crippen molar-refractivity contribution in [2.75, 3.05) is 6.61 Å². The van der Waals surface area contributed by atoms with E-state index in [4.69, 9.17) is 8.85 Å². The smallest absolute Gasteiger partial charge is 0.382 e. The number of unbranched alkanes of at least 4 members (excludes halogenated alkanes) is 1. The highest BCUT2D eigenvalue weighted by molar-refractivity contribution is 6.45. The molecule has 0 heterocycles. The molecule has 0 fully saturated rings. The summed E-state index contributed by atoms with van der Waals surface area (Å²) in [6.45, 7) is 4.98. The van der Waals surface area contributed by atoms with Crippen molar-refractivity contribution in [3.8, 4) is 5.75 Å². The molecule has 0 N–H and O–H groups in total. The van der Waals surface area contributed by atoms with E-state index in [1.807, 2.05) is 37.3 Å². The van der Waals surface area contributed by atoms with Crippen molar-refractivity contribution in [3.05, 3.63) is 30.3 Å². The Morgan fingerprint density at radius 1 is 1.13 bits per heavy atom. The molecular formula is C12H20O2Si. The van der Waals surface area contributed by atoms with Gasteiger partial charge in [-0.2, -0.15) is 0 Å². The Hall–Kier alpha value is -0.803. The van der Waals surface area contributed by atoms with Gasteiger partial charge in [-0.3, -0.25) is 0 Å². The maximum Gasteiger partial charge on any atom is 0.382 e. The van der Waals surface area contributed by atoms with E-state index in [-0.39, 0.29) is 0 Å². The summed E-state index contributed by atoms with van der Waals surface area (Å²) in [5.74, 6) is 0.943. The highest BCUT2D eigenvalue weighted by Crippen LogP contribution is 2.13. The Morgan fingerprint density at radius 3 is 2.47 bits per heavy atom. The minimum atomic E-state index is -1.48. The average Bonchev–Trinajstić information content (AvgIpc) is 2.28. The van der Waals surface area contributed by atoms with Crippen molar-refractivity contribution in [1.82, 2.24) is 0 Å². The van der Waals surface area contributed by atoms with Crippen molar-refractivity contribution in [3.63, 3.8) is 0 Å². The predicted octanol–water partition coefficient (Wildman–Crippen LogP) is 3.12. The molecule has 0 aliphatic carbocycles. The number of hydrogen-bond acceptors (Lipinski definition) is 2. The Labute approximate surface area is 94.1 Å². The Bertz CT molecular complexity index is 251. The molecular weight excluding hydrogens is 204 g/mol. The molecule has 15 heavy (non-hydrogen) atoms. The first-order valence-electron chi connectivity index (χ1n) is 5.70. The van der Waals surface area contributed by atoms with E-state index in [2.05, 4.69) is 6.92 Å². The monoisotopic (exact) mass is 224 g/mol. The van der Waals surface area contributed by atoms with Gasteiger partial charge in [0.15, 0.2) is 0 Å². The molecule has 0 amide bonds. The second kappa shape index (κ2) is 7.48. The first kappa shape index (κ1) is 12.3. The van der Waals surface area contributed by atoms with Crippen LogP contribution in [-0.4, -0.2) is 15.9 Å². The van der Waals surface area contributed by atoms with Crippen LogP contribution in [0.5, 0.6) is 5.75 Å². The summed E-state index contributed by atoms with van der Waals surface area (Å²) in [5.41, 5.74) is 0. The molecule has 0 aliphatic heterocycles. The van der Waals surface area contributed by atoms with Gasteiger partial charge in [0.25, 0.3) is 0 Å². The lowest BCUT2D eigenvalue weighted by Gasteiger charge is -2.16. The third-order valence-electron chi connectivity index (χ3n) is 2.16. The lowest BCUT2D eigenvalue weighted by atomic mass is 10.3. The van der Waals surface area contributed by atoms with Gasteiger partial charge >= 0.3 is 9.28 Å². The van der Waals surface area contributed by atoms with Crippen molar-refractivity contribution in [2.24, 2.45) is 0 Å². The summed E-state index contributed by atoms with van der Waals surface area (Å²) in [5, 5.41) is 0. The molecule has 3 heteroatoms. The summed E-state index contributed by atoms with van der Waals surface area (Å²) in [6, 6.07) is 11.1. The number of benzene rings is 1. The number of hydrogen-bond donors (Lipinski definition) is 0. The molecule has 0 aromatic heterocycles. The molecule has 1 rings (SSSR count). The zero-order valence-electron chi connectivity index (χ0n) is 9.61. The second-order valence-corrected chi connectivity index (χ2v) is 5.46. The van der Waals surface area contributed by atoms with Crippen LogP contribution in [0.4, 0.5) is 0 Å². The molecule has 1 aromatic carbocycles. The van der Waals surface area contributed by atoms with Crippen LogP contribution in [-0.2, 0) is 4.43 Å². The number of para-hydroxylation sites is 1. The standard InChI is InChI=1S/C12H20O2Si/c1-3-5-11-15(13-4-2)14-12-9-7-6-8-10-12/h6-10,15H,3-5,11H2,1-2H3. The molecule has 1 aromatic rings. The van der Waals surface area contributed by atoms with Gasteiger partial charge < -0.3 is 8.85 Å². The summed E-state index contributed by atoms with van der Waals surface area (Å²) in [6.07, 6.45) is 2.40. The fraction of sp³-hybridized carbons (Fsp3) is 0.500. The molecule has 1 unspecified atom stereocenters. The van der Waals surface area contributed by atoms with E-state index in [0.717, 1.165) is 18.4 Å². The lowest BCUT2D eigenvalue weighted by molar-refractivity contribution is 0.280. The molecule has 1 atom stereocenters. The highest BCUT2D eigenvalue weighted by Gasteiger charge is 2.13. The first-order valence-corrected chi connectivity index (χ1v) is 7.46. The van der Waals surface area contributed by atoms with Crippen LogP contribution in [0.3, 0.4) is 0 Å². The fourth-order valence-electron chi connectivity index (χ4n) is 1.38. The molecule has 0 aliphatic rings. The molecule has 0 saturated heterocycles. The minimum absolute atomic E-state index is 0.757. The summed E-state index contributed by atoms with van der Waals surface area (Å²) in [7, 11) is -1.48. The van der Waals surface area contributed by atoms with E-state index in [0.29, 0.717) is 0 Å². The SMILES string of the molecule is CCCC[SiH](OCC)Oc1ccccc1. The Morgan fingerprint density at radius 2 is 1.87 bits per heavy atom. The largest absolute Gasteiger partial charge is 0.522 e. The van der Waals surface area contributed by atoms with Crippen molar-refractivity contribution >= 4 is 9.28 Å². The predicted molar refractivity (Wildman–Crippen MR) is 65.6 cm³/mol. The van der Waals surface area contributed by atoms with Crippen LogP contribution >= 0.6 is 0 Å². The number of rotatable bonds is 7. The summed E-state index contributed by atoms with van der Waals surface area (Å²) >= 11 is 0. The van der Waals surface area contributed by atoms with Crippen molar-refractivity contribution < 1.29 is 8.85 Å². The molecule has 84 valence electrons. The van der Waals surface area contributed by atoms with Gasteiger partial charge in [-0.05, 0) is 25.1 Å². The summed E-state index contributed by atoms with van der Waals surface area (Å²) in [4.78, 5) is 0. The maximum absolute atomic E-state index is 5.87. The quantitative estimate of drug-likeness (QED) is 0.663. The second-order valence-electron chi connectivity index (χ2n) is 3.46. The Kier molecular flexibility index (Phi) is 6.12.